The van der Waals surface area contributed by atoms with E-state index in [0.717, 1.165) is 43.0 Å². The molecule has 0 unspecified atom stereocenters. The summed E-state index contributed by atoms with van der Waals surface area (Å²) >= 11 is 0. The second-order valence-electron chi connectivity index (χ2n) is 8.94. The van der Waals surface area contributed by atoms with Crippen molar-refractivity contribution in [2.24, 2.45) is 0 Å². The highest BCUT2D eigenvalue weighted by Gasteiger charge is 2.19. The van der Waals surface area contributed by atoms with E-state index in [1.54, 1.807) is 18.5 Å². The smallest absolute Gasteiger partial charge is 0.253 e. The number of hydrogen-bond donors (Lipinski definition) is 0. The number of rotatable bonds is 9. The van der Waals surface area contributed by atoms with E-state index in [1.807, 2.05) is 68.1 Å². The molecule has 2 heterocycles. The van der Waals surface area contributed by atoms with Crippen molar-refractivity contribution in [1.82, 2.24) is 14.8 Å². The summed E-state index contributed by atoms with van der Waals surface area (Å²) in [5.74, 6) is 0.468. The van der Waals surface area contributed by atoms with Gasteiger partial charge in [-0.25, -0.2) is 4.39 Å². The molecule has 1 aliphatic heterocycles. The van der Waals surface area contributed by atoms with Crippen LogP contribution in [-0.4, -0.2) is 66.6 Å². The molecule has 0 saturated carbocycles. The number of carbonyl (C=O) groups is 1. The molecule has 190 valence electrons. The molecule has 7 heteroatoms. The molecule has 0 spiro atoms. The fraction of sp³-hybridized carbons (Fsp3) is 0.379. The molecule has 1 fully saturated rings. The molecular weight excluding hydrogens is 455 g/mol. The summed E-state index contributed by atoms with van der Waals surface area (Å²) in [4.78, 5) is 23.2. The Hall–Kier alpha value is -3.45. The largest absolute Gasteiger partial charge is 0.492 e. The number of aromatic nitrogens is 1. The van der Waals surface area contributed by atoms with Crippen molar-refractivity contribution >= 4 is 11.6 Å². The number of benzene rings is 2. The molecule has 0 aliphatic carbocycles. The van der Waals surface area contributed by atoms with Crippen LogP contribution in [0.5, 0.6) is 5.75 Å². The number of anilines is 1. The van der Waals surface area contributed by atoms with E-state index in [-0.39, 0.29) is 11.7 Å². The van der Waals surface area contributed by atoms with Crippen molar-refractivity contribution in [3.8, 4) is 16.9 Å². The minimum atomic E-state index is -0.249. The van der Waals surface area contributed by atoms with Crippen LogP contribution < -0.4 is 9.64 Å². The van der Waals surface area contributed by atoms with Gasteiger partial charge in [-0.15, -0.1) is 0 Å². The molecule has 2 aromatic carbocycles. The number of piperazine rings is 1. The van der Waals surface area contributed by atoms with Crippen molar-refractivity contribution in [3.63, 3.8) is 0 Å². The van der Waals surface area contributed by atoms with Crippen LogP contribution in [0.2, 0.25) is 0 Å². The number of halogens is 1. The monoisotopic (exact) mass is 490 g/mol. The van der Waals surface area contributed by atoms with Gasteiger partial charge in [-0.1, -0.05) is 12.1 Å². The Kier molecular flexibility index (Phi) is 8.54. The predicted octanol–water partition coefficient (Wildman–Crippen LogP) is 5.09. The van der Waals surface area contributed by atoms with Gasteiger partial charge in [0.15, 0.2) is 0 Å². The second kappa shape index (κ2) is 12.0. The molecule has 0 atom stereocenters. The van der Waals surface area contributed by atoms with Crippen molar-refractivity contribution in [3.05, 3.63) is 77.9 Å². The van der Waals surface area contributed by atoms with E-state index in [1.165, 1.54) is 0 Å². The number of carbonyl (C=O) groups excluding carboxylic acids is 1. The molecule has 1 aromatic heterocycles. The highest BCUT2D eigenvalue weighted by atomic mass is 19.1. The van der Waals surface area contributed by atoms with Crippen LogP contribution in [0.1, 0.15) is 36.7 Å². The molecule has 0 N–H and O–H groups in total. The number of ether oxygens (including phenoxy) is 1. The first-order chi connectivity index (χ1) is 17.5. The Labute approximate surface area is 213 Å². The molecule has 0 radical (unpaired) electrons. The van der Waals surface area contributed by atoms with Crippen molar-refractivity contribution in [1.29, 1.82) is 0 Å². The third-order valence-electron chi connectivity index (χ3n) is 6.68. The first-order valence-electron chi connectivity index (χ1n) is 12.8. The maximum absolute atomic E-state index is 15.0. The van der Waals surface area contributed by atoms with Gasteiger partial charge in [-0.05, 0) is 62.7 Å². The van der Waals surface area contributed by atoms with Crippen LogP contribution >= 0.6 is 0 Å². The quantitative estimate of drug-likeness (QED) is 0.418. The normalized spacial score (nSPS) is 14.1. The van der Waals surface area contributed by atoms with Gasteiger partial charge >= 0.3 is 0 Å². The Bertz CT molecular complexity index is 1160. The third-order valence-corrected chi connectivity index (χ3v) is 6.68. The van der Waals surface area contributed by atoms with E-state index >= 15 is 0 Å². The van der Waals surface area contributed by atoms with Gasteiger partial charge in [0.2, 0.25) is 0 Å². The van der Waals surface area contributed by atoms with Crippen LogP contribution in [0, 0.1) is 5.82 Å². The van der Waals surface area contributed by atoms with Gasteiger partial charge in [-0.3, -0.25) is 14.7 Å². The average Bonchev–Trinajstić information content (AvgIpc) is 2.90. The van der Waals surface area contributed by atoms with Crippen LogP contribution in [0.15, 0.2) is 60.9 Å². The van der Waals surface area contributed by atoms with E-state index in [9.17, 15) is 9.18 Å². The molecule has 36 heavy (non-hydrogen) atoms. The van der Waals surface area contributed by atoms with Crippen molar-refractivity contribution < 1.29 is 13.9 Å². The lowest BCUT2D eigenvalue weighted by Crippen LogP contribution is -2.46. The lowest BCUT2D eigenvalue weighted by molar-refractivity contribution is 0.0773. The Morgan fingerprint density at radius 1 is 0.972 bits per heavy atom. The van der Waals surface area contributed by atoms with Gasteiger partial charge in [-0.2, -0.15) is 0 Å². The average molecular weight is 491 g/mol. The summed E-state index contributed by atoms with van der Waals surface area (Å²) in [5, 5.41) is 0. The molecule has 1 amide bonds. The Morgan fingerprint density at radius 3 is 2.33 bits per heavy atom. The number of pyridine rings is 1. The molecule has 1 saturated heterocycles. The zero-order chi connectivity index (χ0) is 25.5. The highest BCUT2D eigenvalue weighted by Crippen LogP contribution is 2.27. The minimum Gasteiger partial charge on any atom is -0.492 e. The minimum absolute atomic E-state index is 0.0767. The Balaban J connectivity index is 1.33. The zero-order valence-electron chi connectivity index (χ0n) is 21.4. The standard InChI is InChI=1S/C29H35FN4O2/c1-4-33(5-2)29(35)23-8-10-25(11-9-23)34-15-13-32(14-16-34)21-22-7-12-27(28(30)17-22)24-18-26(36-6-3)20-31-19-24/h7-12,17-20H,4-6,13-16,21H2,1-3H3. The summed E-state index contributed by atoms with van der Waals surface area (Å²) < 4.78 is 20.4. The van der Waals surface area contributed by atoms with Crippen LogP contribution in [-0.2, 0) is 6.54 Å². The topological polar surface area (TPSA) is 48.9 Å². The van der Waals surface area contributed by atoms with Gasteiger partial charge < -0.3 is 14.5 Å². The molecule has 3 aromatic rings. The predicted molar refractivity (Wildman–Crippen MR) is 142 cm³/mol. The summed E-state index contributed by atoms with van der Waals surface area (Å²) in [6.07, 6.45) is 3.30. The fourth-order valence-corrected chi connectivity index (χ4v) is 4.63. The summed E-state index contributed by atoms with van der Waals surface area (Å²) in [6.45, 7) is 12.1. The number of hydrogen-bond acceptors (Lipinski definition) is 5. The molecule has 0 bridgehead atoms. The molecule has 1 aliphatic rings. The zero-order valence-corrected chi connectivity index (χ0v) is 21.4. The van der Waals surface area contributed by atoms with E-state index in [0.29, 0.717) is 43.1 Å². The molecular formula is C29H35FN4O2. The van der Waals surface area contributed by atoms with Crippen LogP contribution in [0.3, 0.4) is 0 Å². The van der Waals surface area contributed by atoms with Crippen molar-refractivity contribution in [2.45, 2.75) is 27.3 Å². The Morgan fingerprint density at radius 2 is 1.69 bits per heavy atom. The van der Waals surface area contributed by atoms with Gasteiger partial charge in [0.1, 0.15) is 11.6 Å². The van der Waals surface area contributed by atoms with Crippen LogP contribution in [0.25, 0.3) is 11.1 Å². The molecule has 6 nitrogen and oxygen atoms in total. The first-order valence-corrected chi connectivity index (χ1v) is 12.8. The number of amides is 1. The van der Waals surface area contributed by atoms with E-state index in [4.69, 9.17) is 4.74 Å². The fourth-order valence-electron chi connectivity index (χ4n) is 4.63. The summed E-state index contributed by atoms with van der Waals surface area (Å²) in [7, 11) is 0. The maximum Gasteiger partial charge on any atom is 0.253 e. The van der Waals surface area contributed by atoms with E-state index < -0.39 is 0 Å². The van der Waals surface area contributed by atoms with Gasteiger partial charge in [0.05, 0.1) is 12.8 Å². The SMILES string of the molecule is CCOc1cncc(-c2ccc(CN3CCN(c4ccc(C(=O)N(CC)CC)cc4)CC3)cc2F)c1. The number of nitrogens with zero attached hydrogens (tertiary/aromatic N) is 4. The van der Waals surface area contributed by atoms with Crippen molar-refractivity contribution in [2.75, 3.05) is 50.8 Å². The lowest BCUT2D eigenvalue weighted by Gasteiger charge is -2.36. The second-order valence-corrected chi connectivity index (χ2v) is 8.94. The molecule has 4 rings (SSSR count). The summed E-state index contributed by atoms with van der Waals surface area (Å²) in [6, 6.07) is 15.2. The van der Waals surface area contributed by atoms with Gasteiger partial charge in [0, 0.05) is 74.4 Å². The van der Waals surface area contributed by atoms with E-state index in [2.05, 4.69) is 14.8 Å². The summed E-state index contributed by atoms with van der Waals surface area (Å²) in [5.41, 5.74) is 4.05. The lowest BCUT2D eigenvalue weighted by atomic mass is 10.0. The highest BCUT2D eigenvalue weighted by molar-refractivity contribution is 5.94. The third kappa shape index (κ3) is 6.02. The van der Waals surface area contributed by atoms with Crippen LogP contribution in [0.4, 0.5) is 10.1 Å². The maximum atomic E-state index is 15.0. The van der Waals surface area contributed by atoms with Gasteiger partial charge in [0.25, 0.3) is 5.91 Å². The first kappa shape index (κ1) is 25.6.